The number of H-pyrrole nitrogens is 1. The van der Waals surface area contributed by atoms with E-state index in [9.17, 15) is 9.59 Å². The number of nitrogens with one attached hydrogen (secondary N) is 1. The van der Waals surface area contributed by atoms with Gasteiger partial charge in [0.05, 0.1) is 18.0 Å². The van der Waals surface area contributed by atoms with E-state index in [0.717, 1.165) is 75.6 Å². The Labute approximate surface area is 281 Å². The standard InChI is InChI=1S/C32H30N4O4.K.H/c1-3-7-27-26(31(37)36(29(4-2)33-27)23-14-15-28-22(19-23)16-17-39-28)18-20-10-12-21(13-11-20)24-8-5-6-9-25(24)30-34-32(38)40-35-30;;/h5-6,8-15,19H,3-4,7,16-18H2,1-2H3,(H,34,35,38);;/q;+1;-1. The van der Waals surface area contributed by atoms with E-state index in [1.807, 2.05) is 67.6 Å². The normalized spacial score (nSPS) is 12.0. The molecule has 0 bridgehead atoms. The number of benzene rings is 3. The van der Waals surface area contributed by atoms with Gasteiger partial charge in [-0.1, -0.05) is 74.0 Å². The number of hydrogen-bond donors (Lipinski definition) is 1. The van der Waals surface area contributed by atoms with Crippen molar-refractivity contribution in [3.63, 3.8) is 0 Å². The van der Waals surface area contributed by atoms with Crippen molar-refractivity contribution < 1.29 is 62.1 Å². The number of rotatable bonds is 8. The van der Waals surface area contributed by atoms with Gasteiger partial charge in [0.25, 0.3) is 5.56 Å². The number of fused-ring (bicyclic) bond motifs is 1. The Morgan fingerprint density at radius 1 is 1.00 bits per heavy atom. The van der Waals surface area contributed by atoms with Gasteiger partial charge in [-0.2, -0.15) is 0 Å². The molecule has 2 aromatic heterocycles. The average molecular weight is 575 g/mol. The second-order valence-electron chi connectivity index (χ2n) is 9.95. The van der Waals surface area contributed by atoms with Crippen molar-refractivity contribution in [3.8, 4) is 34.0 Å². The van der Waals surface area contributed by atoms with Crippen molar-refractivity contribution in [2.24, 2.45) is 0 Å². The van der Waals surface area contributed by atoms with Crippen LogP contribution in [0, 0.1) is 0 Å². The third kappa shape index (κ3) is 5.96. The molecule has 8 nitrogen and oxygen atoms in total. The van der Waals surface area contributed by atoms with Crippen molar-refractivity contribution >= 4 is 0 Å². The quantitative estimate of drug-likeness (QED) is 0.286. The van der Waals surface area contributed by atoms with E-state index in [1.165, 1.54) is 0 Å². The van der Waals surface area contributed by atoms with Gasteiger partial charge in [0.1, 0.15) is 11.6 Å². The predicted molar refractivity (Wildman–Crippen MR) is 154 cm³/mol. The van der Waals surface area contributed by atoms with E-state index in [-0.39, 0.29) is 58.4 Å². The Hall–Kier alpha value is -3.08. The monoisotopic (exact) mass is 574 g/mol. The fourth-order valence-electron chi connectivity index (χ4n) is 5.38. The van der Waals surface area contributed by atoms with Crippen LogP contribution in [0.15, 0.2) is 80.8 Å². The molecule has 3 heterocycles. The number of hydrogen-bond acceptors (Lipinski definition) is 6. The minimum absolute atomic E-state index is 0. The maximum Gasteiger partial charge on any atom is 1.00 e. The SMILES string of the molecule is CCCc1nc(CC)n(-c2ccc3c(c2)CCO3)c(=O)c1Cc1ccc(-c2ccccc2-c2noc(=O)[nH]2)cc1.[H-].[K+]. The summed E-state index contributed by atoms with van der Waals surface area (Å²) in [6, 6.07) is 21.8. The maximum atomic E-state index is 14.1. The molecule has 0 aliphatic carbocycles. The molecule has 9 heteroatoms. The Balaban J connectivity index is 0.00000202. The van der Waals surface area contributed by atoms with Crippen LogP contribution in [0.25, 0.3) is 28.2 Å². The molecule has 0 radical (unpaired) electrons. The number of aromatic amines is 1. The molecule has 3 aromatic carbocycles. The van der Waals surface area contributed by atoms with Crippen LogP contribution in [0.2, 0.25) is 0 Å². The summed E-state index contributed by atoms with van der Waals surface area (Å²) >= 11 is 0. The van der Waals surface area contributed by atoms with Gasteiger partial charge in [-0.3, -0.25) is 18.9 Å². The zero-order valence-electron chi connectivity index (χ0n) is 24.6. The minimum Gasteiger partial charge on any atom is -1.00 e. The first kappa shape index (κ1) is 29.4. The molecule has 1 aliphatic heterocycles. The Morgan fingerprint density at radius 2 is 1.78 bits per heavy atom. The predicted octanol–water partition coefficient (Wildman–Crippen LogP) is 2.40. The Morgan fingerprint density at radius 3 is 2.49 bits per heavy atom. The third-order valence-electron chi connectivity index (χ3n) is 7.33. The van der Waals surface area contributed by atoms with Gasteiger partial charge < -0.3 is 6.16 Å². The van der Waals surface area contributed by atoms with Crippen LogP contribution in [0.4, 0.5) is 0 Å². The summed E-state index contributed by atoms with van der Waals surface area (Å²) in [6.07, 6.45) is 3.64. The van der Waals surface area contributed by atoms with Crippen LogP contribution in [0.3, 0.4) is 0 Å². The molecule has 204 valence electrons. The van der Waals surface area contributed by atoms with Gasteiger partial charge in [0, 0.05) is 30.4 Å². The second-order valence-corrected chi connectivity index (χ2v) is 9.95. The largest absolute Gasteiger partial charge is 1.00 e. The summed E-state index contributed by atoms with van der Waals surface area (Å²) in [5.74, 6) is 1.45. The molecule has 0 atom stereocenters. The molecule has 5 aromatic rings. The van der Waals surface area contributed by atoms with Crippen molar-refractivity contribution in [1.82, 2.24) is 19.7 Å². The zero-order valence-corrected chi connectivity index (χ0v) is 26.7. The Kier molecular flexibility index (Phi) is 9.21. The van der Waals surface area contributed by atoms with Crippen LogP contribution in [0.1, 0.15) is 49.9 Å². The van der Waals surface area contributed by atoms with E-state index in [0.29, 0.717) is 25.3 Å². The summed E-state index contributed by atoms with van der Waals surface area (Å²) < 4.78 is 12.2. The summed E-state index contributed by atoms with van der Waals surface area (Å²) in [5.41, 5.74) is 7.21. The van der Waals surface area contributed by atoms with Crippen LogP contribution in [-0.2, 0) is 25.7 Å². The van der Waals surface area contributed by atoms with E-state index in [1.54, 1.807) is 4.57 Å². The van der Waals surface area contributed by atoms with Crippen LogP contribution < -0.4 is 67.4 Å². The second kappa shape index (κ2) is 12.8. The van der Waals surface area contributed by atoms with Gasteiger partial charge in [0.2, 0.25) is 0 Å². The summed E-state index contributed by atoms with van der Waals surface area (Å²) in [5, 5.41) is 3.85. The first-order valence-electron chi connectivity index (χ1n) is 13.7. The molecular formula is C32H31KN4O4. The molecule has 0 saturated heterocycles. The van der Waals surface area contributed by atoms with Gasteiger partial charge in [-0.25, -0.2) is 9.78 Å². The summed E-state index contributed by atoms with van der Waals surface area (Å²) in [4.78, 5) is 33.2. The van der Waals surface area contributed by atoms with E-state index in [4.69, 9.17) is 14.2 Å². The molecule has 0 amide bonds. The minimum atomic E-state index is -0.593. The zero-order chi connectivity index (χ0) is 27.6. The fraction of sp³-hybridized carbons (Fsp3) is 0.250. The summed E-state index contributed by atoms with van der Waals surface area (Å²) in [7, 11) is 0. The maximum absolute atomic E-state index is 14.1. The van der Waals surface area contributed by atoms with E-state index >= 15 is 0 Å². The van der Waals surface area contributed by atoms with E-state index < -0.39 is 5.76 Å². The van der Waals surface area contributed by atoms with Gasteiger partial charge in [-0.05, 0) is 46.9 Å². The van der Waals surface area contributed by atoms with Gasteiger partial charge >= 0.3 is 57.1 Å². The average Bonchev–Trinajstić information content (AvgIpc) is 3.63. The van der Waals surface area contributed by atoms with Crippen LogP contribution >= 0.6 is 0 Å². The van der Waals surface area contributed by atoms with E-state index in [2.05, 4.69) is 23.1 Å². The smallest absolute Gasteiger partial charge is 1.00 e. The van der Waals surface area contributed by atoms with Crippen LogP contribution in [-0.4, -0.2) is 26.3 Å². The Bertz CT molecular complexity index is 1810. The van der Waals surface area contributed by atoms with Gasteiger partial charge in [-0.15, -0.1) is 0 Å². The first-order chi connectivity index (χ1) is 19.6. The topological polar surface area (TPSA) is 103 Å². The number of aromatic nitrogens is 4. The molecule has 0 saturated carbocycles. The van der Waals surface area contributed by atoms with Crippen molar-refractivity contribution in [2.45, 2.75) is 46.0 Å². The molecule has 1 aliphatic rings. The molecule has 1 N–H and O–H groups in total. The third-order valence-corrected chi connectivity index (χ3v) is 7.33. The molecule has 0 unspecified atom stereocenters. The van der Waals surface area contributed by atoms with Crippen LogP contribution in [0.5, 0.6) is 5.75 Å². The molecule has 0 fully saturated rings. The van der Waals surface area contributed by atoms with Crippen molar-refractivity contribution in [3.05, 3.63) is 116 Å². The van der Waals surface area contributed by atoms with Crippen molar-refractivity contribution in [2.75, 3.05) is 6.61 Å². The number of ether oxygens (including phenoxy) is 1. The molecular weight excluding hydrogens is 543 g/mol. The van der Waals surface area contributed by atoms with Crippen molar-refractivity contribution in [1.29, 1.82) is 0 Å². The first-order valence-corrected chi connectivity index (χ1v) is 13.7. The van der Waals surface area contributed by atoms with Gasteiger partial charge in [0.15, 0.2) is 5.82 Å². The molecule has 41 heavy (non-hydrogen) atoms. The molecule has 0 spiro atoms. The molecule has 6 rings (SSSR count). The number of aryl methyl sites for hydroxylation is 2. The number of nitrogens with zero attached hydrogens (tertiary/aromatic N) is 3. The summed E-state index contributed by atoms with van der Waals surface area (Å²) in [6.45, 7) is 4.82. The fourth-order valence-corrected chi connectivity index (χ4v) is 5.38.